The number of carboxylic acid groups (broad SMARTS) is 1. The molecule has 1 aromatic rings. The van der Waals surface area contributed by atoms with E-state index in [0.717, 1.165) is 18.5 Å². The molecule has 108 valence electrons. The average molecular weight is 279 g/mol. The van der Waals surface area contributed by atoms with Crippen molar-refractivity contribution in [2.45, 2.75) is 24.9 Å². The number of amides is 1. The van der Waals surface area contributed by atoms with Crippen molar-refractivity contribution in [1.82, 2.24) is 14.7 Å². The molecule has 1 saturated heterocycles. The number of aryl methyl sites for hydroxylation is 1. The fourth-order valence-corrected chi connectivity index (χ4v) is 2.61. The number of aliphatic carboxylic acids is 1. The first kappa shape index (κ1) is 13.1. The summed E-state index contributed by atoms with van der Waals surface area (Å²) in [5.74, 6) is -0.761. The summed E-state index contributed by atoms with van der Waals surface area (Å²) in [7, 11) is 1.84. The standard InChI is InChI=1S/C13H17N3O4/c1-15-11(8-2-3-8)9(6-14-15)12(17)16-4-5-20-10(7-16)13(18)19/h6,8,10H,2-5,7H2,1H3,(H,18,19). The minimum atomic E-state index is -1.03. The summed E-state index contributed by atoms with van der Waals surface area (Å²) in [6.07, 6.45) is 2.82. The monoisotopic (exact) mass is 279 g/mol. The molecular formula is C13H17N3O4. The van der Waals surface area contributed by atoms with Crippen molar-refractivity contribution >= 4 is 11.9 Å². The van der Waals surface area contributed by atoms with Crippen molar-refractivity contribution in [3.63, 3.8) is 0 Å². The maximum Gasteiger partial charge on any atom is 0.334 e. The summed E-state index contributed by atoms with van der Waals surface area (Å²) in [4.78, 5) is 25.1. The molecule has 2 aliphatic rings. The lowest BCUT2D eigenvalue weighted by Gasteiger charge is -2.30. The molecule has 2 heterocycles. The topological polar surface area (TPSA) is 84.7 Å². The van der Waals surface area contributed by atoms with Crippen LogP contribution in [-0.4, -0.2) is 57.5 Å². The molecule has 0 aromatic carbocycles. The average Bonchev–Trinajstić information content (AvgIpc) is 3.21. The van der Waals surface area contributed by atoms with E-state index in [-0.39, 0.29) is 19.1 Å². The summed E-state index contributed by atoms with van der Waals surface area (Å²) in [6, 6.07) is 0. The van der Waals surface area contributed by atoms with Gasteiger partial charge in [-0.05, 0) is 12.8 Å². The number of carbonyl (C=O) groups is 2. The van der Waals surface area contributed by atoms with Crippen LogP contribution in [0.1, 0.15) is 34.8 Å². The van der Waals surface area contributed by atoms with Crippen LogP contribution in [-0.2, 0) is 16.6 Å². The van der Waals surface area contributed by atoms with Gasteiger partial charge in [0.1, 0.15) is 0 Å². The highest BCUT2D eigenvalue weighted by atomic mass is 16.5. The van der Waals surface area contributed by atoms with E-state index in [1.54, 1.807) is 15.8 Å². The number of ether oxygens (including phenoxy) is 1. The van der Waals surface area contributed by atoms with Gasteiger partial charge in [0.15, 0.2) is 6.10 Å². The van der Waals surface area contributed by atoms with Crippen LogP contribution in [0.5, 0.6) is 0 Å². The number of carboxylic acids is 1. The molecular weight excluding hydrogens is 262 g/mol. The third-order valence-electron chi connectivity index (χ3n) is 3.81. The van der Waals surface area contributed by atoms with E-state index >= 15 is 0 Å². The van der Waals surface area contributed by atoms with Gasteiger partial charge in [-0.2, -0.15) is 5.10 Å². The van der Waals surface area contributed by atoms with Crippen molar-refractivity contribution in [3.05, 3.63) is 17.5 Å². The SMILES string of the molecule is Cn1ncc(C(=O)N2CCOC(C(=O)O)C2)c1C1CC1. The van der Waals surface area contributed by atoms with E-state index in [4.69, 9.17) is 9.84 Å². The van der Waals surface area contributed by atoms with E-state index in [9.17, 15) is 9.59 Å². The predicted molar refractivity (Wildman–Crippen MR) is 68.5 cm³/mol. The zero-order chi connectivity index (χ0) is 14.3. The molecule has 1 aliphatic carbocycles. The largest absolute Gasteiger partial charge is 0.479 e. The van der Waals surface area contributed by atoms with Gasteiger partial charge in [0.25, 0.3) is 5.91 Å². The normalized spacial score (nSPS) is 22.9. The molecule has 3 rings (SSSR count). The molecule has 0 radical (unpaired) electrons. The van der Waals surface area contributed by atoms with Crippen LogP contribution >= 0.6 is 0 Å². The van der Waals surface area contributed by atoms with Crippen molar-refractivity contribution < 1.29 is 19.4 Å². The molecule has 0 bridgehead atoms. The number of carbonyl (C=O) groups excluding carboxylic acids is 1. The summed E-state index contributed by atoms with van der Waals surface area (Å²) < 4.78 is 6.89. The number of hydrogen-bond acceptors (Lipinski definition) is 4. The van der Waals surface area contributed by atoms with Crippen molar-refractivity contribution in [3.8, 4) is 0 Å². The van der Waals surface area contributed by atoms with Gasteiger partial charge >= 0.3 is 5.97 Å². The molecule has 1 unspecified atom stereocenters. The van der Waals surface area contributed by atoms with Gasteiger partial charge in [-0.3, -0.25) is 9.48 Å². The van der Waals surface area contributed by atoms with Crippen LogP contribution in [0.2, 0.25) is 0 Å². The quantitative estimate of drug-likeness (QED) is 0.855. The lowest BCUT2D eigenvalue weighted by Crippen LogP contribution is -2.48. The zero-order valence-electron chi connectivity index (χ0n) is 11.3. The van der Waals surface area contributed by atoms with E-state index in [0.29, 0.717) is 18.0 Å². The first-order valence-electron chi connectivity index (χ1n) is 6.73. The highest BCUT2D eigenvalue weighted by Crippen LogP contribution is 2.41. The summed E-state index contributed by atoms with van der Waals surface area (Å²) >= 11 is 0. The Morgan fingerprint density at radius 1 is 1.45 bits per heavy atom. The van der Waals surface area contributed by atoms with Gasteiger partial charge < -0.3 is 14.7 Å². The molecule has 2 fully saturated rings. The number of nitrogens with zero attached hydrogens (tertiary/aromatic N) is 3. The molecule has 1 aromatic heterocycles. The third kappa shape index (κ3) is 2.29. The number of aromatic nitrogens is 2. The molecule has 0 spiro atoms. The molecule has 1 atom stereocenters. The Morgan fingerprint density at radius 3 is 2.85 bits per heavy atom. The van der Waals surface area contributed by atoms with Crippen LogP contribution in [0.4, 0.5) is 0 Å². The van der Waals surface area contributed by atoms with Crippen LogP contribution < -0.4 is 0 Å². The Bertz CT molecular complexity index is 550. The van der Waals surface area contributed by atoms with Crippen LogP contribution in [0.3, 0.4) is 0 Å². The van der Waals surface area contributed by atoms with Crippen LogP contribution in [0.15, 0.2) is 6.20 Å². The minimum Gasteiger partial charge on any atom is -0.479 e. The smallest absolute Gasteiger partial charge is 0.334 e. The van der Waals surface area contributed by atoms with E-state index in [1.807, 2.05) is 7.05 Å². The maximum atomic E-state index is 12.6. The van der Waals surface area contributed by atoms with Crippen molar-refractivity contribution in [1.29, 1.82) is 0 Å². The Hall–Kier alpha value is -1.89. The van der Waals surface area contributed by atoms with Gasteiger partial charge in [0.05, 0.1) is 30.6 Å². The molecule has 1 amide bonds. The van der Waals surface area contributed by atoms with E-state index in [2.05, 4.69) is 5.10 Å². The van der Waals surface area contributed by atoms with E-state index < -0.39 is 12.1 Å². The summed E-state index contributed by atoms with van der Waals surface area (Å²) in [6.45, 7) is 0.760. The van der Waals surface area contributed by atoms with Crippen molar-refractivity contribution in [2.24, 2.45) is 7.05 Å². The summed E-state index contributed by atoms with van der Waals surface area (Å²) in [5, 5.41) is 13.2. The van der Waals surface area contributed by atoms with Crippen LogP contribution in [0, 0.1) is 0 Å². The minimum absolute atomic E-state index is 0.0904. The highest BCUT2D eigenvalue weighted by Gasteiger charge is 2.35. The van der Waals surface area contributed by atoms with E-state index in [1.165, 1.54) is 0 Å². The Morgan fingerprint density at radius 2 is 2.20 bits per heavy atom. The fourth-order valence-electron chi connectivity index (χ4n) is 2.61. The molecule has 7 heteroatoms. The Kier molecular flexibility index (Phi) is 3.21. The second-order valence-corrected chi connectivity index (χ2v) is 5.29. The van der Waals surface area contributed by atoms with Gasteiger partial charge in [-0.15, -0.1) is 0 Å². The van der Waals surface area contributed by atoms with Gasteiger partial charge in [-0.1, -0.05) is 0 Å². The van der Waals surface area contributed by atoms with Gasteiger partial charge in [0, 0.05) is 19.5 Å². The Balaban J connectivity index is 1.80. The first-order chi connectivity index (χ1) is 9.58. The second kappa shape index (κ2) is 4.90. The first-order valence-corrected chi connectivity index (χ1v) is 6.73. The molecule has 1 saturated carbocycles. The molecule has 1 aliphatic heterocycles. The molecule has 7 nitrogen and oxygen atoms in total. The molecule has 20 heavy (non-hydrogen) atoms. The van der Waals surface area contributed by atoms with Gasteiger partial charge in [-0.25, -0.2) is 4.79 Å². The van der Waals surface area contributed by atoms with Crippen LogP contribution in [0.25, 0.3) is 0 Å². The van der Waals surface area contributed by atoms with Crippen molar-refractivity contribution in [2.75, 3.05) is 19.7 Å². The summed E-state index contributed by atoms with van der Waals surface area (Å²) in [5.41, 5.74) is 1.56. The fraction of sp³-hybridized carbons (Fsp3) is 0.615. The third-order valence-corrected chi connectivity index (χ3v) is 3.81. The predicted octanol–water partition coefficient (Wildman–Crippen LogP) is 0.223. The highest BCUT2D eigenvalue weighted by molar-refractivity contribution is 5.95. The second-order valence-electron chi connectivity index (χ2n) is 5.29. The lowest BCUT2D eigenvalue weighted by molar-refractivity contribution is -0.154. The lowest BCUT2D eigenvalue weighted by atomic mass is 10.1. The van der Waals surface area contributed by atoms with Gasteiger partial charge in [0.2, 0.25) is 0 Å². The zero-order valence-corrected chi connectivity index (χ0v) is 11.3. The number of hydrogen-bond donors (Lipinski definition) is 1. The number of rotatable bonds is 3. The maximum absolute atomic E-state index is 12.6. The Labute approximate surface area is 116 Å². The molecule has 1 N–H and O–H groups in total. The number of morpholine rings is 1.